The molecule has 0 amide bonds. The molecule has 0 radical (unpaired) electrons. The van der Waals surface area contributed by atoms with Gasteiger partial charge in [-0.2, -0.15) is 10.2 Å². The second-order valence-corrected chi connectivity index (χ2v) is 5.68. The lowest BCUT2D eigenvalue weighted by molar-refractivity contribution is 0.256. The summed E-state index contributed by atoms with van der Waals surface area (Å²) in [6.07, 6.45) is 3.88. The molecule has 0 aliphatic rings. The molecular weight excluding hydrogens is 284 g/mol. The zero-order valence-electron chi connectivity index (χ0n) is 13.9. The van der Waals surface area contributed by atoms with Crippen molar-refractivity contribution in [3.05, 3.63) is 66.7 Å². The van der Waals surface area contributed by atoms with Crippen molar-refractivity contribution in [3.63, 3.8) is 0 Å². The van der Waals surface area contributed by atoms with E-state index in [-0.39, 0.29) is 0 Å². The highest BCUT2D eigenvalue weighted by Gasteiger charge is 2.00. The van der Waals surface area contributed by atoms with E-state index in [1.54, 1.807) is 0 Å². The molecule has 1 atom stereocenters. The van der Waals surface area contributed by atoms with Crippen molar-refractivity contribution in [1.82, 2.24) is 0 Å². The van der Waals surface area contributed by atoms with Crippen molar-refractivity contribution in [3.8, 4) is 5.75 Å². The van der Waals surface area contributed by atoms with E-state index in [9.17, 15) is 0 Å². The fraction of sp³-hybridized carbons (Fsp3) is 0.300. The van der Waals surface area contributed by atoms with Crippen LogP contribution in [0.25, 0.3) is 0 Å². The Balaban J connectivity index is 1.93. The fourth-order valence-corrected chi connectivity index (χ4v) is 1.95. The minimum absolute atomic E-state index is 0.568. The highest BCUT2D eigenvalue weighted by molar-refractivity contribution is 5.43. The number of benzene rings is 2. The first-order chi connectivity index (χ1) is 11.2. The molecule has 0 heterocycles. The average Bonchev–Trinajstić information content (AvgIpc) is 2.60. The van der Waals surface area contributed by atoms with Crippen LogP contribution in [0.4, 0.5) is 11.4 Å². The van der Waals surface area contributed by atoms with Crippen LogP contribution in [-0.4, -0.2) is 6.61 Å². The van der Waals surface area contributed by atoms with Crippen LogP contribution in [0.1, 0.15) is 25.8 Å². The SMILES string of the molecule is C=CCc1ccc(/N=N/c2ccc(OCC(C)CC)cc2)cc1. The summed E-state index contributed by atoms with van der Waals surface area (Å²) in [5.74, 6) is 1.44. The molecule has 3 heteroatoms. The predicted molar refractivity (Wildman–Crippen MR) is 95.9 cm³/mol. The van der Waals surface area contributed by atoms with E-state index in [0.717, 1.165) is 36.6 Å². The van der Waals surface area contributed by atoms with Crippen molar-refractivity contribution in [2.45, 2.75) is 26.7 Å². The molecule has 0 saturated carbocycles. The van der Waals surface area contributed by atoms with Crippen molar-refractivity contribution in [1.29, 1.82) is 0 Å². The Morgan fingerprint density at radius 2 is 1.57 bits per heavy atom. The first-order valence-corrected chi connectivity index (χ1v) is 8.05. The number of nitrogens with zero attached hydrogens (tertiary/aromatic N) is 2. The normalized spacial score (nSPS) is 12.3. The van der Waals surface area contributed by atoms with Gasteiger partial charge in [0.2, 0.25) is 0 Å². The molecule has 1 unspecified atom stereocenters. The van der Waals surface area contributed by atoms with Crippen LogP contribution in [0.3, 0.4) is 0 Å². The zero-order chi connectivity index (χ0) is 16.5. The first-order valence-electron chi connectivity index (χ1n) is 8.05. The molecule has 2 aromatic carbocycles. The van der Waals surface area contributed by atoms with Crippen LogP contribution < -0.4 is 4.74 Å². The molecule has 2 rings (SSSR count). The summed E-state index contributed by atoms with van der Waals surface area (Å²) in [4.78, 5) is 0. The van der Waals surface area contributed by atoms with E-state index in [1.807, 2.05) is 54.6 Å². The van der Waals surface area contributed by atoms with E-state index in [4.69, 9.17) is 4.74 Å². The minimum atomic E-state index is 0.568. The Kier molecular flexibility index (Phi) is 6.55. The van der Waals surface area contributed by atoms with Crippen LogP contribution >= 0.6 is 0 Å². The Bertz CT molecular complexity index is 630. The minimum Gasteiger partial charge on any atom is -0.493 e. The number of hydrogen-bond donors (Lipinski definition) is 0. The summed E-state index contributed by atoms with van der Waals surface area (Å²) in [7, 11) is 0. The number of ether oxygens (including phenoxy) is 1. The van der Waals surface area contributed by atoms with E-state index in [1.165, 1.54) is 5.56 Å². The van der Waals surface area contributed by atoms with Crippen molar-refractivity contribution < 1.29 is 4.74 Å². The van der Waals surface area contributed by atoms with Crippen LogP contribution in [0.15, 0.2) is 71.4 Å². The highest BCUT2D eigenvalue weighted by atomic mass is 16.5. The van der Waals surface area contributed by atoms with Crippen molar-refractivity contribution >= 4 is 11.4 Å². The quantitative estimate of drug-likeness (QED) is 0.419. The summed E-state index contributed by atoms with van der Waals surface area (Å²) >= 11 is 0. The maximum absolute atomic E-state index is 5.73. The van der Waals surface area contributed by atoms with Gasteiger partial charge in [0.1, 0.15) is 5.75 Å². The van der Waals surface area contributed by atoms with Gasteiger partial charge in [0.15, 0.2) is 0 Å². The summed E-state index contributed by atoms with van der Waals surface area (Å²) in [6.45, 7) is 8.83. The van der Waals surface area contributed by atoms with Gasteiger partial charge in [-0.1, -0.05) is 38.5 Å². The largest absolute Gasteiger partial charge is 0.493 e. The monoisotopic (exact) mass is 308 g/mol. The lowest BCUT2D eigenvalue weighted by atomic mass is 10.1. The van der Waals surface area contributed by atoms with E-state index in [0.29, 0.717) is 5.92 Å². The highest BCUT2D eigenvalue weighted by Crippen LogP contribution is 2.22. The molecule has 0 aliphatic heterocycles. The molecule has 0 bridgehead atoms. The topological polar surface area (TPSA) is 34.0 Å². The molecule has 2 aromatic rings. The summed E-state index contributed by atoms with van der Waals surface area (Å²) in [6, 6.07) is 15.7. The second-order valence-electron chi connectivity index (χ2n) is 5.68. The number of hydrogen-bond acceptors (Lipinski definition) is 3. The number of allylic oxidation sites excluding steroid dienone is 1. The predicted octanol–water partition coefficient (Wildman–Crippen LogP) is 6.26. The van der Waals surface area contributed by atoms with Gasteiger partial charge in [-0.3, -0.25) is 0 Å². The first kappa shape index (κ1) is 16.9. The zero-order valence-corrected chi connectivity index (χ0v) is 13.9. The maximum Gasteiger partial charge on any atom is 0.119 e. The number of azo groups is 1. The molecule has 0 spiro atoms. The smallest absolute Gasteiger partial charge is 0.119 e. The second kappa shape index (κ2) is 8.89. The van der Waals surface area contributed by atoms with Gasteiger partial charge in [0.25, 0.3) is 0 Å². The van der Waals surface area contributed by atoms with Crippen LogP contribution in [-0.2, 0) is 6.42 Å². The Morgan fingerprint density at radius 3 is 2.09 bits per heavy atom. The standard InChI is InChI=1S/C20H24N2O/c1-4-6-17-7-9-18(10-8-17)21-22-19-11-13-20(14-12-19)23-15-16(3)5-2/h4,7-14,16H,1,5-6,15H2,2-3H3/b22-21+. The molecule has 0 saturated heterocycles. The van der Waals surface area contributed by atoms with Gasteiger partial charge in [0, 0.05) is 0 Å². The van der Waals surface area contributed by atoms with Crippen LogP contribution in [0.5, 0.6) is 5.75 Å². The molecule has 23 heavy (non-hydrogen) atoms. The third-order valence-electron chi connectivity index (χ3n) is 3.67. The van der Waals surface area contributed by atoms with Crippen LogP contribution in [0, 0.1) is 5.92 Å². The summed E-state index contributed by atoms with van der Waals surface area (Å²) < 4.78 is 5.73. The van der Waals surface area contributed by atoms with Gasteiger partial charge < -0.3 is 4.74 Å². The lowest BCUT2D eigenvalue weighted by Crippen LogP contribution is -2.06. The molecule has 120 valence electrons. The molecular formula is C20H24N2O. The van der Waals surface area contributed by atoms with E-state index >= 15 is 0 Å². The summed E-state index contributed by atoms with van der Waals surface area (Å²) in [5, 5.41) is 8.51. The lowest BCUT2D eigenvalue weighted by Gasteiger charge is -2.10. The third-order valence-corrected chi connectivity index (χ3v) is 3.67. The fourth-order valence-electron chi connectivity index (χ4n) is 1.95. The maximum atomic E-state index is 5.73. The van der Waals surface area contributed by atoms with Gasteiger partial charge in [-0.05, 0) is 54.3 Å². The van der Waals surface area contributed by atoms with Gasteiger partial charge in [-0.15, -0.1) is 6.58 Å². The molecule has 0 N–H and O–H groups in total. The van der Waals surface area contributed by atoms with E-state index < -0.39 is 0 Å². The molecule has 3 nitrogen and oxygen atoms in total. The molecule has 0 aliphatic carbocycles. The summed E-state index contributed by atoms with van der Waals surface area (Å²) in [5.41, 5.74) is 2.88. The van der Waals surface area contributed by atoms with Crippen molar-refractivity contribution in [2.75, 3.05) is 6.61 Å². The van der Waals surface area contributed by atoms with Gasteiger partial charge in [-0.25, -0.2) is 0 Å². The Labute approximate surface area is 138 Å². The average molecular weight is 308 g/mol. The molecule has 0 aromatic heterocycles. The van der Waals surface area contributed by atoms with E-state index in [2.05, 4.69) is 30.7 Å². The third kappa shape index (κ3) is 5.70. The Morgan fingerprint density at radius 1 is 1.00 bits per heavy atom. The van der Waals surface area contributed by atoms with Crippen LogP contribution in [0.2, 0.25) is 0 Å². The van der Waals surface area contributed by atoms with Gasteiger partial charge >= 0.3 is 0 Å². The Hall–Kier alpha value is -2.42. The van der Waals surface area contributed by atoms with Gasteiger partial charge in [0.05, 0.1) is 18.0 Å². The number of rotatable bonds is 8. The molecule has 0 fully saturated rings. The van der Waals surface area contributed by atoms with Crippen molar-refractivity contribution in [2.24, 2.45) is 16.1 Å².